The fourth-order valence-corrected chi connectivity index (χ4v) is 1.06. The van der Waals surface area contributed by atoms with E-state index in [-0.39, 0.29) is 0 Å². The molecule has 1 aromatic carbocycles. The molecule has 3 nitrogen and oxygen atoms in total. The monoisotopic (exact) mass is 288 g/mol. The molecule has 1 aromatic rings. The predicted molar refractivity (Wildman–Crippen MR) is 49.1 cm³/mol. The Morgan fingerprint density at radius 3 is 1.74 bits per heavy atom. The molecular weight excluding hydrogens is 282 g/mol. The summed E-state index contributed by atoms with van der Waals surface area (Å²) in [6.07, 6.45) is -12.5. The van der Waals surface area contributed by atoms with E-state index in [4.69, 9.17) is 5.11 Å². The minimum absolute atomic E-state index is 0.556. The minimum Gasteiger partial charge on any atom is -0.424 e. The first-order chi connectivity index (χ1) is 8.50. The van der Waals surface area contributed by atoms with Crippen molar-refractivity contribution >= 4 is 5.97 Å². The molecule has 0 saturated carbocycles. The molecule has 0 heterocycles. The van der Waals surface area contributed by atoms with E-state index in [1.54, 1.807) is 0 Å². The third-order valence-corrected chi connectivity index (χ3v) is 2.07. The predicted octanol–water partition coefficient (Wildman–Crippen LogP) is 2.45. The fourth-order valence-electron chi connectivity index (χ4n) is 1.06. The lowest BCUT2D eigenvalue weighted by Gasteiger charge is -2.29. The number of carbonyl (C=O) groups excluding carboxylic acids is 1. The molecule has 106 valence electrons. The van der Waals surface area contributed by atoms with Crippen molar-refractivity contribution in [1.29, 1.82) is 0 Å². The van der Waals surface area contributed by atoms with Crippen LogP contribution in [-0.4, -0.2) is 29.0 Å². The lowest BCUT2D eigenvalue weighted by molar-refractivity contribution is -0.354. The molecule has 0 saturated heterocycles. The number of carbonyl (C=O) groups is 1. The maximum absolute atomic E-state index is 12.3. The van der Waals surface area contributed by atoms with Crippen molar-refractivity contribution in [1.82, 2.24) is 0 Å². The first-order valence-corrected chi connectivity index (χ1v) is 4.63. The summed E-state index contributed by atoms with van der Waals surface area (Å²) in [6.45, 7) is 0. The molecule has 0 fully saturated rings. The highest BCUT2D eigenvalue weighted by atomic mass is 19.4. The second-order valence-corrected chi connectivity index (χ2v) is 3.41. The van der Waals surface area contributed by atoms with Crippen molar-refractivity contribution < 1.29 is 41.0 Å². The molecule has 0 bridgehead atoms. The summed E-state index contributed by atoms with van der Waals surface area (Å²) < 4.78 is 77.6. The van der Waals surface area contributed by atoms with Crippen molar-refractivity contribution in [3.63, 3.8) is 0 Å². The van der Waals surface area contributed by atoms with Gasteiger partial charge in [-0.25, -0.2) is 4.79 Å². The Kier molecular flexibility index (Phi) is 3.80. The number of ether oxygens (including phenoxy) is 1. The number of para-hydroxylation sites is 1. The van der Waals surface area contributed by atoms with Gasteiger partial charge in [-0.15, -0.1) is 0 Å². The molecule has 9 heteroatoms. The summed E-state index contributed by atoms with van der Waals surface area (Å²) in [7, 11) is 0. The molecule has 0 amide bonds. The van der Waals surface area contributed by atoms with Gasteiger partial charge < -0.3 is 9.84 Å². The molecule has 0 aliphatic carbocycles. The molecule has 1 rings (SSSR count). The van der Waals surface area contributed by atoms with Gasteiger partial charge in [0.15, 0.2) is 0 Å². The van der Waals surface area contributed by atoms with Crippen molar-refractivity contribution in [3.05, 3.63) is 30.3 Å². The van der Waals surface area contributed by atoms with E-state index in [9.17, 15) is 31.1 Å². The molecule has 0 aliphatic heterocycles. The van der Waals surface area contributed by atoms with E-state index >= 15 is 0 Å². The van der Waals surface area contributed by atoms with Gasteiger partial charge in [0.1, 0.15) is 5.75 Å². The molecular formula is C10H6F6O3. The number of benzene rings is 1. The lowest BCUT2D eigenvalue weighted by Crippen LogP contribution is -2.63. The van der Waals surface area contributed by atoms with Gasteiger partial charge in [-0.1, -0.05) is 18.2 Å². The highest BCUT2D eigenvalue weighted by Crippen LogP contribution is 2.43. The van der Waals surface area contributed by atoms with E-state index < -0.39 is 29.7 Å². The van der Waals surface area contributed by atoms with E-state index in [0.717, 1.165) is 12.1 Å². The Labute approximate surface area is 102 Å². The van der Waals surface area contributed by atoms with Gasteiger partial charge in [0.2, 0.25) is 0 Å². The summed E-state index contributed by atoms with van der Waals surface area (Å²) in [5.41, 5.74) is -5.57. The molecule has 0 spiro atoms. The third kappa shape index (κ3) is 2.80. The van der Waals surface area contributed by atoms with Gasteiger partial charge in [0.25, 0.3) is 0 Å². The molecule has 0 aliphatic rings. The van der Waals surface area contributed by atoms with Gasteiger partial charge in [-0.2, -0.15) is 26.3 Å². The number of rotatable bonds is 2. The fraction of sp³-hybridized carbons (Fsp3) is 0.300. The number of hydrogen-bond acceptors (Lipinski definition) is 3. The number of halogens is 6. The topological polar surface area (TPSA) is 46.5 Å². The number of esters is 1. The summed E-state index contributed by atoms with van der Waals surface area (Å²) in [5, 5.41) is 8.69. The van der Waals surface area contributed by atoms with Crippen molar-refractivity contribution in [3.8, 4) is 5.75 Å². The van der Waals surface area contributed by atoms with Crippen molar-refractivity contribution in [2.24, 2.45) is 0 Å². The minimum atomic E-state index is -6.25. The number of aliphatic hydroxyl groups is 1. The molecule has 0 unspecified atom stereocenters. The Morgan fingerprint density at radius 2 is 1.37 bits per heavy atom. The Balaban J connectivity index is 3.11. The van der Waals surface area contributed by atoms with Gasteiger partial charge in [0, 0.05) is 0 Å². The van der Waals surface area contributed by atoms with Crippen LogP contribution in [0.5, 0.6) is 5.75 Å². The van der Waals surface area contributed by atoms with Crippen LogP contribution in [0.25, 0.3) is 0 Å². The Bertz CT molecular complexity index is 437. The van der Waals surface area contributed by atoms with Gasteiger partial charge in [-0.05, 0) is 12.1 Å². The summed E-state index contributed by atoms with van der Waals surface area (Å²) in [5.74, 6) is -3.42. The maximum Gasteiger partial charge on any atom is 0.437 e. The van der Waals surface area contributed by atoms with Crippen LogP contribution >= 0.6 is 0 Å². The normalized spacial score (nSPS) is 13.2. The highest BCUT2D eigenvalue weighted by molar-refractivity contribution is 5.83. The van der Waals surface area contributed by atoms with E-state index in [0.29, 0.717) is 0 Å². The first-order valence-electron chi connectivity index (χ1n) is 4.63. The zero-order chi connectivity index (χ0) is 14.9. The van der Waals surface area contributed by atoms with Gasteiger partial charge >= 0.3 is 23.9 Å². The average molecular weight is 288 g/mol. The van der Waals surface area contributed by atoms with Crippen LogP contribution in [0.15, 0.2) is 30.3 Å². The number of alkyl halides is 6. The average Bonchev–Trinajstić information content (AvgIpc) is 2.26. The van der Waals surface area contributed by atoms with Crippen LogP contribution < -0.4 is 4.74 Å². The van der Waals surface area contributed by atoms with E-state index in [1.165, 1.54) is 18.2 Å². The SMILES string of the molecule is O=C(Oc1ccccc1)C(O)(C(F)(F)F)C(F)(F)F. The Hall–Kier alpha value is -1.77. The highest BCUT2D eigenvalue weighted by Gasteiger charge is 2.76. The Morgan fingerprint density at radius 1 is 0.947 bits per heavy atom. The van der Waals surface area contributed by atoms with Gasteiger partial charge in [-0.3, -0.25) is 0 Å². The van der Waals surface area contributed by atoms with E-state index in [2.05, 4.69) is 4.74 Å². The second kappa shape index (κ2) is 4.72. The smallest absolute Gasteiger partial charge is 0.424 e. The quantitative estimate of drug-likeness (QED) is 0.516. The van der Waals surface area contributed by atoms with Crippen molar-refractivity contribution in [2.45, 2.75) is 18.0 Å². The number of hydrogen-bond donors (Lipinski definition) is 1. The van der Waals surface area contributed by atoms with Gasteiger partial charge in [0.05, 0.1) is 0 Å². The lowest BCUT2D eigenvalue weighted by atomic mass is 10.0. The first kappa shape index (κ1) is 15.3. The van der Waals surface area contributed by atoms with Crippen LogP contribution in [0.4, 0.5) is 26.3 Å². The maximum atomic E-state index is 12.3. The summed E-state index contributed by atoms with van der Waals surface area (Å²) >= 11 is 0. The van der Waals surface area contributed by atoms with Crippen molar-refractivity contribution in [2.75, 3.05) is 0 Å². The molecule has 0 aromatic heterocycles. The molecule has 19 heavy (non-hydrogen) atoms. The van der Waals surface area contributed by atoms with Crippen LogP contribution in [0.3, 0.4) is 0 Å². The third-order valence-electron chi connectivity index (χ3n) is 2.07. The molecule has 0 radical (unpaired) electrons. The standard InChI is InChI=1S/C10H6F6O3/c11-9(12,13)8(18,10(14,15)16)7(17)19-6-4-2-1-3-5-6/h1-5,18H. The largest absolute Gasteiger partial charge is 0.437 e. The molecule has 0 atom stereocenters. The summed E-state index contributed by atoms with van der Waals surface area (Å²) in [6, 6.07) is 5.78. The van der Waals surface area contributed by atoms with Crippen LogP contribution in [-0.2, 0) is 4.79 Å². The zero-order valence-electron chi connectivity index (χ0n) is 8.92. The summed E-state index contributed by atoms with van der Waals surface area (Å²) in [4.78, 5) is 11.0. The second-order valence-electron chi connectivity index (χ2n) is 3.41. The zero-order valence-corrected chi connectivity index (χ0v) is 8.92. The van der Waals surface area contributed by atoms with Crippen LogP contribution in [0, 0.1) is 0 Å². The van der Waals surface area contributed by atoms with Crippen LogP contribution in [0.1, 0.15) is 0 Å². The van der Waals surface area contributed by atoms with E-state index in [1.807, 2.05) is 0 Å². The van der Waals surface area contributed by atoms with Crippen LogP contribution in [0.2, 0.25) is 0 Å². The molecule has 1 N–H and O–H groups in total.